The summed E-state index contributed by atoms with van der Waals surface area (Å²) in [5.41, 5.74) is -0.214. The van der Waals surface area contributed by atoms with E-state index in [1.54, 1.807) is 0 Å². The zero-order chi connectivity index (χ0) is 14.7. The molecule has 1 amide bonds. The molecule has 2 N–H and O–H groups in total. The van der Waals surface area contributed by atoms with E-state index in [0.29, 0.717) is 0 Å². The molecular weight excluding hydrogens is 287 g/mol. The summed E-state index contributed by atoms with van der Waals surface area (Å²) in [6.07, 6.45) is 0.894. The van der Waals surface area contributed by atoms with Gasteiger partial charge in [0.15, 0.2) is 0 Å². The van der Waals surface area contributed by atoms with Crippen LogP contribution in [-0.4, -0.2) is 22.0 Å². The number of hydrogen-bond acceptors (Lipinski definition) is 3. The van der Waals surface area contributed by atoms with Gasteiger partial charge >= 0.3 is 5.97 Å². The summed E-state index contributed by atoms with van der Waals surface area (Å²) in [4.78, 5) is 26.6. The van der Waals surface area contributed by atoms with E-state index in [9.17, 15) is 14.0 Å². The summed E-state index contributed by atoms with van der Waals surface area (Å²) in [6, 6.07) is 6.57. The number of carboxylic acids is 1. The Morgan fingerprint density at radius 1 is 1.25 bits per heavy atom. The minimum atomic E-state index is -1.27. The zero-order valence-corrected chi connectivity index (χ0v) is 10.7. The van der Waals surface area contributed by atoms with Gasteiger partial charge in [0, 0.05) is 0 Å². The maximum atomic E-state index is 12.7. The van der Waals surface area contributed by atoms with Crippen molar-refractivity contribution in [2.75, 3.05) is 5.32 Å². The molecule has 5 nitrogen and oxygen atoms in total. The Hall–Kier alpha value is -2.47. The summed E-state index contributed by atoms with van der Waals surface area (Å²) in [7, 11) is 0. The molecule has 2 aromatic rings. The van der Waals surface area contributed by atoms with Crippen molar-refractivity contribution >= 4 is 29.2 Å². The van der Waals surface area contributed by atoms with E-state index in [2.05, 4.69) is 10.3 Å². The van der Waals surface area contributed by atoms with E-state index in [1.165, 1.54) is 24.3 Å². The second kappa shape index (κ2) is 5.66. The van der Waals surface area contributed by atoms with E-state index in [0.717, 1.165) is 12.3 Å². The maximum absolute atomic E-state index is 12.7. The number of halogens is 2. The molecule has 2 rings (SSSR count). The average molecular weight is 295 g/mol. The Labute approximate surface area is 118 Å². The fraction of sp³-hybridized carbons (Fsp3) is 0. The van der Waals surface area contributed by atoms with Crippen LogP contribution in [0.4, 0.5) is 10.1 Å². The van der Waals surface area contributed by atoms with Gasteiger partial charge in [-0.15, -0.1) is 0 Å². The summed E-state index contributed by atoms with van der Waals surface area (Å²) < 4.78 is 12.7. The van der Waals surface area contributed by atoms with Crippen LogP contribution in [0.5, 0.6) is 0 Å². The lowest BCUT2D eigenvalue weighted by atomic mass is 10.1. The van der Waals surface area contributed by atoms with Gasteiger partial charge < -0.3 is 10.4 Å². The molecule has 1 heterocycles. The lowest BCUT2D eigenvalue weighted by Crippen LogP contribution is -2.16. The molecule has 0 atom stereocenters. The molecule has 7 heteroatoms. The molecule has 0 unspecified atom stereocenters. The number of aromatic nitrogens is 1. The van der Waals surface area contributed by atoms with E-state index in [-0.39, 0.29) is 22.0 Å². The van der Waals surface area contributed by atoms with Gasteiger partial charge in [0.2, 0.25) is 0 Å². The lowest BCUT2D eigenvalue weighted by Gasteiger charge is -2.09. The number of nitrogens with one attached hydrogen (secondary N) is 1. The average Bonchev–Trinajstić information content (AvgIpc) is 2.39. The van der Waals surface area contributed by atoms with Crippen molar-refractivity contribution < 1.29 is 19.1 Å². The van der Waals surface area contributed by atoms with Gasteiger partial charge in [0.1, 0.15) is 17.1 Å². The number of carboxylic acid groups (broad SMARTS) is 1. The Morgan fingerprint density at radius 3 is 2.60 bits per heavy atom. The van der Waals surface area contributed by atoms with Gasteiger partial charge in [-0.1, -0.05) is 17.7 Å². The topological polar surface area (TPSA) is 79.3 Å². The largest absolute Gasteiger partial charge is 0.478 e. The first-order valence-electron chi connectivity index (χ1n) is 5.44. The molecule has 0 fully saturated rings. The van der Waals surface area contributed by atoms with Crippen molar-refractivity contribution in [3.05, 3.63) is 58.6 Å². The van der Waals surface area contributed by atoms with E-state index in [4.69, 9.17) is 16.7 Å². The highest BCUT2D eigenvalue weighted by Gasteiger charge is 2.17. The third kappa shape index (κ3) is 2.92. The predicted molar refractivity (Wildman–Crippen MR) is 70.6 cm³/mol. The SMILES string of the molecule is O=C(Nc1cccc(Cl)c1C(=O)O)c1ccc(F)cn1. The Bertz CT molecular complexity index is 674. The van der Waals surface area contributed by atoms with Crippen LogP contribution >= 0.6 is 11.6 Å². The number of nitrogens with zero attached hydrogens (tertiary/aromatic N) is 1. The molecule has 0 aliphatic carbocycles. The number of hydrogen-bond donors (Lipinski definition) is 2. The molecule has 1 aromatic heterocycles. The van der Waals surface area contributed by atoms with Crippen LogP contribution in [0.3, 0.4) is 0 Å². The molecule has 0 saturated carbocycles. The minimum Gasteiger partial charge on any atom is -0.478 e. The normalized spacial score (nSPS) is 10.1. The molecule has 0 radical (unpaired) electrons. The second-order valence-corrected chi connectivity index (χ2v) is 4.19. The maximum Gasteiger partial charge on any atom is 0.339 e. The van der Waals surface area contributed by atoms with Crippen LogP contribution in [0.15, 0.2) is 36.5 Å². The van der Waals surface area contributed by atoms with Crippen molar-refractivity contribution in [3.63, 3.8) is 0 Å². The number of carbonyl (C=O) groups is 2. The summed E-state index contributed by atoms with van der Waals surface area (Å²) in [5.74, 6) is -2.50. The number of carbonyl (C=O) groups excluding carboxylic acids is 1. The fourth-order valence-electron chi connectivity index (χ4n) is 1.54. The first kappa shape index (κ1) is 14.0. The molecule has 20 heavy (non-hydrogen) atoms. The van der Waals surface area contributed by atoms with Gasteiger partial charge in [-0.3, -0.25) is 4.79 Å². The number of rotatable bonds is 3. The third-order valence-corrected chi connectivity index (χ3v) is 2.75. The van der Waals surface area contributed by atoms with Gasteiger partial charge in [-0.25, -0.2) is 14.2 Å². The van der Waals surface area contributed by atoms with Crippen molar-refractivity contribution in [1.29, 1.82) is 0 Å². The van der Waals surface area contributed by atoms with Crippen molar-refractivity contribution in [2.45, 2.75) is 0 Å². The Morgan fingerprint density at radius 2 is 2.00 bits per heavy atom. The molecule has 0 saturated heterocycles. The van der Waals surface area contributed by atoms with Gasteiger partial charge in [0.25, 0.3) is 5.91 Å². The van der Waals surface area contributed by atoms with Crippen molar-refractivity contribution in [2.24, 2.45) is 0 Å². The van der Waals surface area contributed by atoms with Crippen LogP contribution in [0.2, 0.25) is 5.02 Å². The molecular formula is C13H8ClFN2O3. The van der Waals surface area contributed by atoms with Crippen LogP contribution in [0.1, 0.15) is 20.8 Å². The summed E-state index contributed by atoms with van der Waals surface area (Å²) in [5, 5.41) is 11.4. The van der Waals surface area contributed by atoms with Crippen LogP contribution < -0.4 is 5.32 Å². The standard InChI is InChI=1S/C13H8ClFN2O3/c14-8-2-1-3-9(11(8)13(19)20)17-12(18)10-5-4-7(15)6-16-10/h1-6H,(H,17,18)(H,19,20). The predicted octanol–water partition coefficient (Wildman–Crippen LogP) is 2.82. The minimum absolute atomic E-state index is 0.00219. The number of anilines is 1. The van der Waals surface area contributed by atoms with E-state index >= 15 is 0 Å². The van der Waals surface area contributed by atoms with E-state index < -0.39 is 17.7 Å². The van der Waals surface area contributed by atoms with Crippen LogP contribution in [-0.2, 0) is 0 Å². The first-order chi connectivity index (χ1) is 9.49. The quantitative estimate of drug-likeness (QED) is 0.912. The highest BCUT2D eigenvalue weighted by Crippen LogP contribution is 2.24. The molecule has 0 spiro atoms. The number of amides is 1. The Balaban J connectivity index is 2.30. The van der Waals surface area contributed by atoms with Gasteiger partial charge in [0.05, 0.1) is 16.9 Å². The molecule has 102 valence electrons. The lowest BCUT2D eigenvalue weighted by molar-refractivity contribution is 0.0698. The highest BCUT2D eigenvalue weighted by atomic mass is 35.5. The fourth-order valence-corrected chi connectivity index (χ4v) is 1.80. The molecule has 1 aromatic carbocycles. The van der Waals surface area contributed by atoms with Crippen LogP contribution in [0, 0.1) is 5.82 Å². The van der Waals surface area contributed by atoms with E-state index in [1.807, 2.05) is 0 Å². The zero-order valence-electron chi connectivity index (χ0n) is 9.93. The van der Waals surface area contributed by atoms with Crippen LogP contribution in [0.25, 0.3) is 0 Å². The number of benzene rings is 1. The number of aromatic carboxylic acids is 1. The Kier molecular flexibility index (Phi) is 3.95. The van der Waals surface area contributed by atoms with Crippen molar-refractivity contribution in [3.8, 4) is 0 Å². The van der Waals surface area contributed by atoms with Gasteiger partial charge in [-0.2, -0.15) is 0 Å². The second-order valence-electron chi connectivity index (χ2n) is 3.78. The summed E-state index contributed by atoms with van der Waals surface area (Å²) >= 11 is 5.78. The molecule has 0 aliphatic rings. The smallest absolute Gasteiger partial charge is 0.339 e. The van der Waals surface area contributed by atoms with Crippen molar-refractivity contribution in [1.82, 2.24) is 4.98 Å². The van der Waals surface area contributed by atoms with Gasteiger partial charge in [-0.05, 0) is 24.3 Å². The monoisotopic (exact) mass is 294 g/mol. The third-order valence-electron chi connectivity index (χ3n) is 2.44. The first-order valence-corrected chi connectivity index (χ1v) is 5.81. The summed E-state index contributed by atoms with van der Waals surface area (Å²) in [6.45, 7) is 0. The number of pyridine rings is 1. The highest BCUT2D eigenvalue weighted by molar-refractivity contribution is 6.34. The molecule has 0 bridgehead atoms. The molecule has 0 aliphatic heterocycles.